The van der Waals surface area contributed by atoms with E-state index in [0.29, 0.717) is 5.69 Å². The number of aromatic nitrogens is 1. The van der Waals surface area contributed by atoms with E-state index < -0.39 is 5.91 Å². The topological polar surface area (TPSA) is 57.8 Å². The number of nitrogens with zero attached hydrogens (tertiary/aromatic N) is 2. The molecule has 23 heavy (non-hydrogen) atoms. The Bertz CT molecular complexity index is 812. The molecule has 0 fully saturated rings. The summed E-state index contributed by atoms with van der Waals surface area (Å²) < 4.78 is 3.01. The molecule has 0 aliphatic heterocycles. The lowest BCUT2D eigenvalue weighted by Crippen LogP contribution is -2.13. The maximum Gasteiger partial charge on any atom is 0.266 e. The quantitative estimate of drug-likeness (QED) is 0.638. The van der Waals surface area contributed by atoms with Crippen molar-refractivity contribution >= 4 is 33.6 Å². The highest BCUT2D eigenvalue weighted by atomic mass is 79.9. The molecule has 118 valence electrons. The number of amides is 1. The molecule has 2 aromatic rings. The van der Waals surface area contributed by atoms with Gasteiger partial charge < -0.3 is 9.88 Å². The van der Waals surface area contributed by atoms with Gasteiger partial charge in [0.05, 0.1) is 0 Å². The second-order valence-corrected chi connectivity index (χ2v) is 6.12. The van der Waals surface area contributed by atoms with Crippen molar-refractivity contribution in [1.29, 1.82) is 5.26 Å². The number of hydrogen-bond donors (Lipinski definition) is 1. The summed E-state index contributed by atoms with van der Waals surface area (Å²) in [7, 11) is 0. The SMILES string of the molecule is CCn1c(C)cc(/C=C(/C#N)C(=O)Nc2cccc(Br)c2)c1C. The van der Waals surface area contributed by atoms with Gasteiger partial charge in [0.1, 0.15) is 11.6 Å². The van der Waals surface area contributed by atoms with Gasteiger partial charge in [-0.3, -0.25) is 4.79 Å². The number of nitriles is 1. The summed E-state index contributed by atoms with van der Waals surface area (Å²) in [5, 5.41) is 12.1. The normalized spacial score (nSPS) is 11.2. The minimum atomic E-state index is -0.410. The van der Waals surface area contributed by atoms with Gasteiger partial charge in [0.2, 0.25) is 0 Å². The Morgan fingerprint density at radius 1 is 1.39 bits per heavy atom. The van der Waals surface area contributed by atoms with Gasteiger partial charge in [-0.15, -0.1) is 0 Å². The Hall–Kier alpha value is -2.32. The van der Waals surface area contributed by atoms with E-state index in [1.54, 1.807) is 18.2 Å². The monoisotopic (exact) mass is 371 g/mol. The van der Waals surface area contributed by atoms with Crippen LogP contribution in [-0.4, -0.2) is 10.5 Å². The fraction of sp³-hybridized carbons (Fsp3) is 0.222. The van der Waals surface area contributed by atoms with Gasteiger partial charge in [-0.05, 0) is 56.7 Å². The number of aryl methyl sites for hydroxylation is 1. The highest BCUT2D eigenvalue weighted by Crippen LogP contribution is 2.20. The van der Waals surface area contributed by atoms with Crippen LogP contribution < -0.4 is 5.32 Å². The highest BCUT2D eigenvalue weighted by Gasteiger charge is 2.12. The van der Waals surface area contributed by atoms with Crippen molar-refractivity contribution in [3.8, 4) is 6.07 Å². The summed E-state index contributed by atoms with van der Waals surface area (Å²) >= 11 is 3.35. The zero-order valence-electron chi connectivity index (χ0n) is 13.4. The Kier molecular flexibility index (Phi) is 5.41. The van der Waals surface area contributed by atoms with Gasteiger partial charge >= 0.3 is 0 Å². The molecule has 0 unspecified atom stereocenters. The lowest BCUT2D eigenvalue weighted by Gasteiger charge is -2.06. The first-order chi connectivity index (χ1) is 11.0. The predicted octanol–water partition coefficient (Wildman–Crippen LogP) is 4.43. The first kappa shape index (κ1) is 17.0. The van der Waals surface area contributed by atoms with Crippen molar-refractivity contribution in [2.45, 2.75) is 27.3 Å². The third-order valence-corrected chi connectivity index (χ3v) is 4.17. The number of anilines is 1. The lowest BCUT2D eigenvalue weighted by molar-refractivity contribution is -0.112. The first-order valence-electron chi connectivity index (χ1n) is 7.31. The van der Waals surface area contributed by atoms with E-state index in [1.807, 2.05) is 38.1 Å². The van der Waals surface area contributed by atoms with Crippen LogP contribution in [0.5, 0.6) is 0 Å². The summed E-state index contributed by atoms with van der Waals surface area (Å²) in [6.45, 7) is 6.93. The van der Waals surface area contributed by atoms with Gasteiger partial charge in [-0.25, -0.2) is 0 Å². The largest absolute Gasteiger partial charge is 0.349 e. The van der Waals surface area contributed by atoms with Gasteiger partial charge in [-0.2, -0.15) is 5.26 Å². The molecule has 0 aliphatic carbocycles. The van der Waals surface area contributed by atoms with Crippen LogP contribution in [0.25, 0.3) is 6.08 Å². The average molecular weight is 372 g/mol. The van der Waals surface area contributed by atoms with Gasteiger partial charge in [0.15, 0.2) is 0 Å². The fourth-order valence-corrected chi connectivity index (χ4v) is 2.93. The van der Waals surface area contributed by atoms with E-state index in [-0.39, 0.29) is 5.57 Å². The number of nitrogens with one attached hydrogen (secondary N) is 1. The first-order valence-corrected chi connectivity index (χ1v) is 8.11. The average Bonchev–Trinajstić information content (AvgIpc) is 2.78. The maximum absolute atomic E-state index is 12.3. The highest BCUT2D eigenvalue weighted by molar-refractivity contribution is 9.10. The van der Waals surface area contributed by atoms with E-state index in [4.69, 9.17) is 0 Å². The van der Waals surface area contributed by atoms with Crippen molar-refractivity contribution in [3.05, 3.63) is 57.3 Å². The van der Waals surface area contributed by atoms with Crippen LogP contribution in [0.15, 0.2) is 40.4 Å². The molecule has 0 saturated carbocycles. The summed E-state index contributed by atoms with van der Waals surface area (Å²) in [6, 6.07) is 11.2. The van der Waals surface area contributed by atoms with Crippen LogP contribution in [-0.2, 0) is 11.3 Å². The Morgan fingerprint density at radius 2 is 2.13 bits per heavy atom. The van der Waals surface area contributed by atoms with E-state index in [2.05, 4.69) is 32.7 Å². The number of carbonyl (C=O) groups is 1. The summed E-state index contributed by atoms with van der Waals surface area (Å²) in [6.07, 6.45) is 1.64. The Labute approximate surface area is 144 Å². The molecule has 1 heterocycles. The summed E-state index contributed by atoms with van der Waals surface area (Å²) in [5.74, 6) is -0.410. The molecule has 0 spiro atoms. The fourth-order valence-electron chi connectivity index (χ4n) is 2.53. The van der Waals surface area contributed by atoms with Crippen LogP contribution in [0.3, 0.4) is 0 Å². The number of carbonyl (C=O) groups excluding carboxylic acids is 1. The van der Waals surface area contributed by atoms with Gasteiger partial charge in [0.25, 0.3) is 5.91 Å². The molecule has 0 bridgehead atoms. The molecule has 1 N–H and O–H groups in total. The van der Waals surface area contributed by atoms with Crippen molar-refractivity contribution in [2.75, 3.05) is 5.32 Å². The molecule has 0 aliphatic rings. The summed E-state index contributed by atoms with van der Waals surface area (Å²) in [4.78, 5) is 12.3. The zero-order chi connectivity index (χ0) is 17.0. The zero-order valence-corrected chi connectivity index (χ0v) is 14.9. The van der Waals surface area contributed by atoms with Crippen LogP contribution in [0.2, 0.25) is 0 Å². The summed E-state index contributed by atoms with van der Waals surface area (Å²) in [5.41, 5.74) is 3.78. The predicted molar refractivity (Wildman–Crippen MR) is 95.9 cm³/mol. The Morgan fingerprint density at radius 3 is 2.70 bits per heavy atom. The minimum Gasteiger partial charge on any atom is -0.349 e. The third-order valence-electron chi connectivity index (χ3n) is 3.68. The van der Waals surface area contributed by atoms with E-state index in [9.17, 15) is 10.1 Å². The molecule has 1 aromatic carbocycles. The van der Waals surface area contributed by atoms with Crippen molar-refractivity contribution in [3.63, 3.8) is 0 Å². The van der Waals surface area contributed by atoms with Crippen molar-refractivity contribution in [2.24, 2.45) is 0 Å². The van der Waals surface area contributed by atoms with Crippen molar-refractivity contribution in [1.82, 2.24) is 4.57 Å². The number of benzene rings is 1. The molecule has 0 atom stereocenters. The second kappa shape index (κ2) is 7.30. The lowest BCUT2D eigenvalue weighted by atomic mass is 10.1. The van der Waals surface area contributed by atoms with Crippen LogP contribution in [0.1, 0.15) is 23.9 Å². The molecule has 1 aromatic heterocycles. The van der Waals surface area contributed by atoms with E-state index in [1.165, 1.54) is 0 Å². The van der Waals surface area contributed by atoms with Gasteiger partial charge in [-0.1, -0.05) is 22.0 Å². The van der Waals surface area contributed by atoms with Crippen molar-refractivity contribution < 1.29 is 4.79 Å². The molecule has 5 heteroatoms. The molecular formula is C18H18BrN3O. The number of halogens is 1. The van der Waals surface area contributed by atoms with Crippen LogP contribution in [0.4, 0.5) is 5.69 Å². The Balaban J connectivity index is 2.29. The molecule has 2 rings (SSSR count). The van der Waals surface area contributed by atoms with Gasteiger partial charge in [0, 0.05) is 28.1 Å². The minimum absolute atomic E-state index is 0.0846. The van der Waals surface area contributed by atoms with E-state index >= 15 is 0 Å². The molecule has 0 radical (unpaired) electrons. The smallest absolute Gasteiger partial charge is 0.266 e. The number of rotatable bonds is 4. The standard InChI is InChI=1S/C18H18BrN3O/c1-4-22-12(2)8-14(13(22)3)9-15(11-20)18(23)21-17-7-5-6-16(19)10-17/h5-10H,4H2,1-3H3,(H,21,23)/b15-9-. The van der Waals surface area contributed by atoms with Crippen LogP contribution in [0, 0.1) is 25.2 Å². The van der Waals surface area contributed by atoms with Crippen LogP contribution >= 0.6 is 15.9 Å². The molecule has 0 saturated heterocycles. The second-order valence-electron chi connectivity index (χ2n) is 5.21. The maximum atomic E-state index is 12.3. The number of hydrogen-bond acceptors (Lipinski definition) is 2. The van der Waals surface area contributed by atoms with E-state index in [0.717, 1.165) is 28.0 Å². The molecule has 1 amide bonds. The third kappa shape index (κ3) is 3.91. The molecular weight excluding hydrogens is 354 g/mol. The molecule has 4 nitrogen and oxygen atoms in total.